The van der Waals surface area contributed by atoms with Gasteiger partial charge in [0, 0.05) is 17.4 Å². The molecule has 27 heavy (non-hydrogen) atoms. The van der Waals surface area contributed by atoms with Crippen LogP contribution >= 0.6 is 11.8 Å². The Morgan fingerprint density at radius 1 is 1.30 bits per heavy atom. The van der Waals surface area contributed by atoms with Crippen LogP contribution in [0.15, 0.2) is 41.2 Å². The Kier molecular flexibility index (Phi) is 5.95. The van der Waals surface area contributed by atoms with Crippen molar-refractivity contribution in [3.05, 3.63) is 46.8 Å². The van der Waals surface area contributed by atoms with E-state index < -0.39 is 18.0 Å². The summed E-state index contributed by atoms with van der Waals surface area (Å²) in [6.07, 6.45) is 0.608. The molecule has 142 valence electrons. The van der Waals surface area contributed by atoms with Crippen molar-refractivity contribution in [3.8, 4) is 17.0 Å². The molecular weight excluding hydrogens is 366 g/mol. The molecule has 1 amide bonds. The van der Waals surface area contributed by atoms with Crippen molar-refractivity contribution in [1.29, 1.82) is 0 Å². The lowest BCUT2D eigenvalue weighted by Crippen LogP contribution is -2.43. The molecule has 8 heteroatoms. The Morgan fingerprint density at radius 2 is 2.04 bits per heavy atom. The van der Waals surface area contributed by atoms with Gasteiger partial charge in [0.15, 0.2) is 0 Å². The fourth-order valence-corrected chi connectivity index (χ4v) is 3.71. The van der Waals surface area contributed by atoms with Crippen LogP contribution in [0.5, 0.6) is 5.75 Å². The fraction of sp³-hybridized carbons (Fsp3) is 0.368. The van der Waals surface area contributed by atoms with Crippen LogP contribution in [0.3, 0.4) is 0 Å². The zero-order chi connectivity index (χ0) is 19.4. The SMILES string of the molecule is CCOc1ccc(-c2ccc(=O)n(C(C)C(=O)NC3CCSC3=O)n2)cc1. The predicted octanol–water partition coefficient (Wildman–Crippen LogP) is 2.02. The van der Waals surface area contributed by atoms with Crippen LogP contribution in [0, 0.1) is 0 Å². The van der Waals surface area contributed by atoms with E-state index in [0.29, 0.717) is 24.5 Å². The quantitative estimate of drug-likeness (QED) is 0.816. The highest BCUT2D eigenvalue weighted by Gasteiger charge is 2.29. The molecule has 1 aromatic carbocycles. The van der Waals surface area contributed by atoms with E-state index in [2.05, 4.69) is 10.4 Å². The molecule has 1 saturated heterocycles. The van der Waals surface area contributed by atoms with Crippen LogP contribution in [-0.4, -0.2) is 39.2 Å². The number of ether oxygens (including phenoxy) is 1. The summed E-state index contributed by atoms with van der Waals surface area (Å²) < 4.78 is 6.57. The zero-order valence-electron chi connectivity index (χ0n) is 15.2. The zero-order valence-corrected chi connectivity index (χ0v) is 16.0. The first kappa shape index (κ1) is 19.2. The third kappa shape index (κ3) is 4.39. The van der Waals surface area contributed by atoms with Gasteiger partial charge in [0.1, 0.15) is 11.8 Å². The second kappa shape index (κ2) is 8.39. The normalized spacial score (nSPS) is 17.6. The first-order valence-corrected chi connectivity index (χ1v) is 9.78. The maximum Gasteiger partial charge on any atom is 0.267 e. The minimum Gasteiger partial charge on any atom is -0.494 e. The van der Waals surface area contributed by atoms with Gasteiger partial charge in [-0.05, 0) is 50.6 Å². The van der Waals surface area contributed by atoms with Gasteiger partial charge in [-0.2, -0.15) is 5.10 Å². The minimum absolute atomic E-state index is 0.0426. The van der Waals surface area contributed by atoms with Crippen LogP contribution in [-0.2, 0) is 9.59 Å². The summed E-state index contributed by atoms with van der Waals surface area (Å²) in [4.78, 5) is 36.4. The molecule has 2 unspecified atom stereocenters. The van der Waals surface area contributed by atoms with Crippen molar-refractivity contribution < 1.29 is 14.3 Å². The van der Waals surface area contributed by atoms with Gasteiger partial charge in [-0.3, -0.25) is 14.4 Å². The number of rotatable bonds is 6. The van der Waals surface area contributed by atoms with Crippen LogP contribution in [0.25, 0.3) is 11.3 Å². The Hall–Kier alpha value is -2.61. The van der Waals surface area contributed by atoms with Crippen molar-refractivity contribution in [3.63, 3.8) is 0 Å². The molecule has 2 atom stereocenters. The topological polar surface area (TPSA) is 90.3 Å². The lowest BCUT2D eigenvalue weighted by Gasteiger charge is -2.17. The fourth-order valence-electron chi connectivity index (χ4n) is 2.78. The van der Waals surface area contributed by atoms with E-state index in [-0.39, 0.29) is 10.7 Å². The van der Waals surface area contributed by atoms with Gasteiger partial charge in [-0.25, -0.2) is 4.68 Å². The number of carbonyl (C=O) groups excluding carboxylic acids is 2. The number of carbonyl (C=O) groups is 2. The first-order valence-electron chi connectivity index (χ1n) is 8.79. The van der Waals surface area contributed by atoms with Crippen molar-refractivity contribution >= 4 is 22.8 Å². The molecule has 0 spiro atoms. The molecular formula is C19H21N3O4S. The van der Waals surface area contributed by atoms with E-state index in [0.717, 1.165) is 16.0 Å². The Bertz CT molecular complexity index is 895. The number of thioether (sulfide) groups is 1. The first-order chi connectivity index (χ1) is 13.0. The summed E-state index contributed by atoms with van der Waals surface area (Å²) in [5, 5.41) is 7.01. The van der Waals surface area contributed by atoms with E-state index in [4.69, 9.17) is 4.74 Å². The molecule has 1 aliphatic rings. The lowest BCUT2D eigenvalue weighted by molar-refractivity contribution is -0.127. The molecule has 0 saturated carbocycles. The minimum atomic E-state index is -0.821. The van der Waals surface area contributed by atoms with Crippen LogP contribution in [0.4, 0.5) is 0 Å². The number of nitrogens with one attached hydrogen (secondary N) is 1. The van der Waals surface area contributed by atoms with Gasteiger partial charge in [0.25, 0.3) is 5.56 Å². The summed E-state index contributed by atoms with van der Waals surface area (Å²) in [7, 11) is 0. The van der Waals surface area contributed by atoms with Gasteiger partial charge < -0.3 is 10.1 Å². The highest BCUT2D eigenvalue weighted by Crippen LogP contribution is 2.21. The molecule has 1 aromatic heterocycles. The number of benzene rings is 1. The standard InChI is InChI=1S/C19H21N3O4S/c1-3-26-14-6-4-13(5-7-14)15-8-9-17(23)22(21-15)12(2)18(24)20-16-10-11-27-19(16)25/h4-9,12,16H,3,10-11H2,1-2H3,(H,20,24). The second-order valence-electron chi connectivity index (χ2n) is 6.15. The van der Waals surface area contributed by atoms with Crippen molar-refractivity contribution in [1.82, 2.24) is 15.1 Å². The van der Waals surface area contributed by atoms with Crippen LogP contribution in [0.1, 0.15) is 26.3 Å². The summed E-state index contributed by atoms with van der Waals surface area (Å²) in [5.41, 5.74) is 1.01. The molecule has 7 nitrogen and oxygen atoms in total. The van der Waals surface area contributed by atoms with Crippen LogP contribution in [0.2, 0.25) is 0 Å². The van der Waals surface area contributed by atoms with Gasteiger partial charge >= 0.3 is 0 Å². The van der Waals surface area contributed by atoms with Gasteiger partial charge in [-0.1, -0.05) is 11.8 Å². The molecule has 1 aliphatic heterocycles. The largest absolute Gasteiger partial charge is 0.494 e. The Morgan fingerprint density at radius 3 is 2.67 bits per heavy atom. The number of aromatic nitrogens is 2. The molecule has 1 N–H and O–H groups in total. The second-order valence-corrected chi connectivity index (χ2v) is 7.25. The van der Waals surface area contributed by atoms with Gasteiger partial charge in [-0.15, -0.1) is 0 Å². The summed E-state index contributed by atoms with van der Waals surface area (Å²) in [5.74, 6) is 1.06. The number of hydrogen-bond donors (Lipinski definition) is 1. The summed E-state index contributed by atoms with van der Waals surface area (Å²) in [6, 6.07) is 9.05. The molecule has 3 rings (SSSR count). The van der Waals surface area contributed by atoms with E-state index >= 15 is 0 Å². The predicted molar refractivity (Wildman–Crippen MR) is 104 cm³/mol. The van der Waals surface area contributed by atoms with E-state index in [1.165, 1.54) is 17.8 Å². The molecule has 1 fully saturated rings. The van der Waals surface area contributed by atoms with E-state index in [1.54, 1.807) is 13.0 Å². The van der Waals surface area contributed by atoms with E-state index in [9.17, 15) is 14.4 Å². The maximum atomic E-state index is 12.5. The lowest BCUT2D eigenvalue weighted by atomic mass is 10.1. The number of amides is 1. The average molecular weight is 387 g/mol. The van der Waals surface area contributed by atoms with E-state index in [1.807, 2.05) is 31.2 Å². The third-order valence-corrected chi connectivity index (χ3v) is 5.29. The smallest absolute Gasteiger partial charge is 0.267 e. The average Bonchev–Trinajstić information content (AvgIpc) is 3.07. The third-order valence-electron chi connectivity index (χ3n) is 4.28. The summed E-state index contributed by atoms with van der Waals surface area (Å²) in [6.45, 7) is 4.09. The number of nitrogens with zero attached hydrogens (tertiary/aromatic N) is 2. The summed E-state index contributed by atoms with van der Waals surface area (Å²) >= 11 is 1.21. The highest BCUT2D eigenvalue weighted by atomic mass is 32.2. The van der Waals surface area contributed by atoms with Crippen LogP contribution < -0.4 is 15.6 Å². The monoisotopic (exact) mass is 387 g/mol. The molecule has 0 aliphatic carbocycles. The Balaban J connectivity index is 1.80. The molecule has 2 heterocycles. The molecule has 0 radical (unpaired) electrons. The van der Waals surface area contributed by atoms with Crippen molar-refractivity contribution in [2.75, 3.05) is 12.4 Å². The highest BCUT2D eigenvalue weighted by molar-refractivity contribution is 8.14. The Labute approximate surface area is 161 Å². The molecule has 0 bridgehead atoms. The van der Waals surface area contributed by atoms with Gasteiger partial charge in [0.2, 0.25) is 11.0 Å². The maximum absolute atomic E-state index is 12.5. The van der Waals surface area contributed by atoms with Gasteiger partial charge in [0.05, 0.1) is 18.3 Å². The van der Waals surface area contributed by atoms with Crippen molar-refractivity contribution in [2.24, 2.45) is 0 Å². The molecule has 2 aromatic rings. The number of hydrogen-bond acceptors (Lipinski definition) is 6. The van der Waals surface area contributed by atoms with Crippen molar-refractivity contribution in [2.45, 2.75) is 32.4 Å².